The number of nitrogens with zero attached hydrogens (tertiary/aromatic N) is 1. The molecule has 0 fully saturated rings. The highest BCUT2D eigenvalue weighted by Gasteiger charge is 2.32. The van der Waals surface area contributed by atoms with Crippen LogP contribution < -0.4 is 10.9 Å². The second-order valence-corrected chi connectivity index (χ2v) is 9.86. The zero-order chi connectivity index (χ0) is 22.2. The third-order valence-corrected chi connectivity index (χ3v) is 6.30. The van der Waals surface area contributed by atoms with Crippen molar-refractivity contribution < 1.29 is 9.59 Å². The fourth-order valence-corrected chi connectivity index (χ4v) is 4.57. The number of benzene rings is 1. The maximum absolute atomic E-state index is 12.6. The monoisotopic (exact) mass is 435 g/mol. The van der Waals surface area contributed by atoms with E-state index in [9.17, 15) is 14.4 Å². The van der Waals surface area contributed by atoms with Crippen LogP contribution in [-0.2, 0) is 12.8 Å². The highest BCUT2D eigenvalue weighted by molar-refractivity contribution is 7.09. The van der Waals surface area contributed by atoms with E-state index in [4.69, 9.17) is 0 Å². The number of carbonyl (C=O) groups is 2. The van der Waals surface area contributed by atoms with Crippen molar-refractivity contribution in [3.63, 3.8) is 0 Å². The van der Waals surface area contributed by atoms with E-state index in [1.54, 1.807) is 11.3 Å². The van der Waals surface area contributed by atoms with E-state index in [0.29, 0.717) is 37.1 Å². The predicted molar refractivity (Wildman–Crippen MR) is 122 cm³/mol. The predicted octanol–water partition coefficient (Wildman–Crippen LogP) is 3.93. The van der Waals surface area contributed by atoms with E-state index in [2.05, 4.69) is 15.3 Å². The first-order chi connectivity index (χ1) is 14.7. The molecule has 0 unspecified atom stereocenters. The first-order valence-electron chi connectivity index (χ1n) is 10.3. The van der Waals surface area contributed by atoms with Crippen LogP contribution >= 0.6 is 11.3 Å². The molecule has 4 rings (SSSR count). The minimum Gasteiger partial charge on any atom is -0.352 e. The number of aromatic amines is 1. The molecular weight excluding hydrogens is 410 g/mol. The van der Waals surface area contributed by atoms with Gasteiger partial charge in [0.15, 0.2) is 5.78 Å². The van der Waals surface area contributed by atoms with Crippen molar-refractivity contribution in [3.05, 3.63) is 73.5 Å². The Morgan fingerprint density at radius 2 is 1.94 bits per heavy atom. The van der Waals surface area contributed by atoms with E-state index >= 15 is 0 Å². The fraction of sp³-hybridized carbons (Fsp3) is 0.333. The summed E-state index contributed by atoms with van der Waals surface area (Å²) in [6.07, 6.45) is 1.66. The quantitative estimate of drug-likeness (QED) is 0.635. The molecule has 3 aromatic rings. The number of aromatic nitrogens is 2. The minimum absolute atomic E-state index is 0.0129. The number of aryl methyl sites for hydroxylation is 1. The fourth-order valence-electron chi connectivity index (χ4n) is 3.95. The molecule has 0 radical (unpaired) electrons. The molecule has 0 aliphatic heterocycles. The number of pyridine rings is 1. The van der Waals surface area contributed by atoms with Gasteiger partial charge >= 0.3 is 0 Å². The van der Waals surface area contributed by atoms with Crippen molar-refractivity contribution in [1.29, 1.82) is 0 Å². The Balaban J connectivity index is 1.40. The van der Waals surface area contributed by atoms with E-state index in [-0.39, 0.29) is 16.8 Å². The minimum atomic E-state index is -0.462. The number of hydrogen-bond acceptors (Lipinski definition) is 5. The number of Topliss-reactive ketones (excluding diaryl/α,β-unsaturated/α-hetero) is 1. The summed E-state index contributed by atoms with van der Waals surface area (Å²) in [4.78, 5) is 44.7. The molecule has 0 saturated carbocycles. The maximum atomic E-state index is 12.6. The van der Waals surface area contributed by atoms with Gasteiger partial charge in [-0.3, -0.25) is 14.4 Å². The summed E-state index contributed by atoms with van der Waals surface area (Å²) in [6.45, 7) is 6.37. The zero-order valence-electron chi connectivity index (χ0n) is 17.9. The molecule has 0 spiro atoms. The van der Waals surface area contributed by atoms with Crippen LogP contribution in [0.1, 0.15) is 57.2 Å². The van der Waals surface area contributed by atoms with Crippen molar-refractivity contribution in [3.8, 4) is 11.3 Å². The molecule has 1 aliphatic rings. The Morgan fingerprint density at radius 1 is 1.19 bits per heavy atom. The van der Waals surface area contributed by atoms with Gasteiger partial charge in [0.2, 0.25) is 0 Å². The highest BCUT2D eigenvalue weighted by atomic mass is 32.1. The second kappa shape index (κ2) is 8.23. The Labute approximate surface area is 184 Å². The number of hydrogen-bond donors (Lipinski definition) is 2. The lowest BCUT2D eigenvalue weighted by molar-refractivity contribution is 0.0910. The van der Waals surface area contributed by atoms with Gasteiger partial charge in [0.25, 0.3) is 11.5 Å². The van der Waals surface area contributed by atoms with Gasteiger partial charge in [0, 0.05) is 35.2 Å². The van der Waals surface area contributed by atoms with Crippen LogP contribution in [0.2, 0.25) is 0 Å². The molecule has 160 valence electrons. The molecule has 2 N–H and O–H groups in total. The van der Waals surface area contributed by atoms with Gasteiger partial charge in [-0.2, -0.15) is 0 Å². The number of fused-ring (bicyclic) bond motifs is 1. The van der Waals surface area contributed by atoms with Gasteiger partial charge in [-0.15, -0.1) is 11.3 Å². The van der Waals surface area contributed by atoms with Crippen molar-refractivity contribution >= 4 is 23.0 Å². The Hall–Kier alpha value is -3.06. The Bertz CT molecular complexity index is 1210. The third kappa shape index (κ3) is 4.66. The number of H-pyrrole nitrogens is 1. The topological polar surface area (TPSA) is 91.9 Å². The average Bonchev–Trinajstić information content (AvgIpc) is 3.13. The largest absolute Gasteiger partial charge is 0.352 e. The van der Waals surface area contributed by atoms with Crippen LogP contribution in [0.4, 0.5) is 0 Å². The van der Waals surface area contributed by atoms with Gasteiger partial charge in [0.05, 0.1) is 10.7 Å². The van der Waals surface area contributed by atoms with Gasteiger partial charge in [-0.25, -0.2) is 4.98 Å². The number of ketones is 1. The van der Waals surface area contributed by atoms with Crippen LogP contribution in [0.25, 0.3) is 11.3 Å². The summed E-state index contributed by atoms with van der Waals surface area (Å²) >= 11 is 1.62. The standard InChI is InChI=1S/C24H25N3O3S/c1-14-26-20(13-31-14)16-6-4-15(5-7-16)8-9-25-22(29)18-10-17-19(27-23(18)30)11-24(2,3)12-21(17)28/h4-7,10,13H,8-9,11-12H2,1-3H3,(H,25,29)(H,27,30). The molecule has 2 heterocycles. The van der Waals surface area contributed by atoms with Crippen LogP contribution in [0.15, 0.2) is 40.5 Å². The van der Waals surface area contributed by atoms with E-state index in [1.165, 1.54) is 6.07 Å². The summed E-state index contributed by atoms with van der Waals surface area (Å²) in [6, 6.07) is 9.52. The SMILES string of the molecule is Cc1nc(-c2ccc(CCNC(=O)c3cc4c([nH]c3=O)CC(C)(C)CC4=O)cc2)cs1. The number of rotatable bonds is 5. The lowest BCUT2D eigenvalue weighted by Crippen LogP contribution is -2.35. The summed E-state index contributed by atoms with van der Waals surface area (Å²) in [7, 11) is 0. The highest BCUT2D eigenvalue weighted by Crippen LogP contribution is 2.33. The van der Waals surface area contributed by atoms with Crippen LogP contribution in [0, 0.1) is 12.3 Å². The molecule has 0 bridgehead atoms. The van der Waals surface area contributed by atoms with Crippen molar-refractivity contribution in [1.82, 2.24) is 15.3 Å². The average molecular weight is 436 g/mol. The maximum Gasteiger partial charge on any atom is 0.261 e. The molecule has 1 amide bonds. The van der Waals surface area contributed by atoms with Gasteiger partial charge < -0.3 is 10.3 Å². The van der Waals surface area contributed by atoms with Gasteiger partial charge in [0.1, 0.15) is 5.56 Å². The molecule has 0 atom stereocenters. The number of thiazole rings is 1. The third-order valence-electron chi connectivity index (χ3n) is 5.53. The van der Waals surface area contributed by atoms with Crippen LogP contribution in [0.3, 0.4) is 0 Å². The van der Waals surface area contributed by atoms with Crippen molar-refractivity contribution in [2.75, 3.05) is 6.54 Å². The van der Waals surface area contributed by atoms with E-state index in [0.717, 1.165) is 21.8 Å². The Morgan fingerprint density at radius 3 is 2.61 bits per heavy atom. The van der Waals surface area contributed by atoms with Crippen LogP contribution in [0.5, 0.6) is 0 Å². The smallest absolute Gasteiger partial charge is 0.261 e. The van der Waals surface area contributed by atoms with E-state index < -0.39 is 11.5 Å². The number of nitrogens with one attached hydrogen (secondary N) is 2. The van der Waals surface area contributed by atoms with Crippen molar-refractivity contribution in [2.45, 2.75) is 40.0 Å². The first-order valence-corrected chi connectivity index (χ1v) is 11.2. The van der Waals surface area contributed by atoms with Gasteiger partial charge in [-0.05, 0) is 36.8 Å². The van der Waals surface area contributed by atoms with E-state index in [1.807, 2.05) is 50.4 Å². The molecule has 1 aromatic carbocycles. The molecule has 31 heavy (non-hydrogen) atoms. The molecule has 6 nitrogen and oxygen atoms in total. The number of amides is 1. The number of carbonyl (C=O) groups excluding carboxylic acids is 2. The molecule has 7 heteroatoms. The lowest BCUT2D eigenvalue weighted by Gasteiger charge is -2.29. The first kappa shape index (κ1) is 21.2. The van der Waals surface area contributed by atoms with Crippen LogP contribution in [-0.4, -0.2) is 28.2 Å². The molecule has 2 aromatic heterocycles. The molecule has 1 aliphatic carbocycles. The molecular formula is C24H25N3O3S. The summed E-state index contributed by atoms with van der Waals surface area (Å²) in [5.41, 5.74) is 3.52. The lowest BCUT2D eigenvalue weighted by atomic mass is 9.75. The van der Waals surface area contributed by atoms with Crippen molar-refractivity contribution in [2.24, 2.45) is 5.41 Å². The Kier molecular flexibility index (Phi) is 5.62. The summed E-state index contributed by atoms with van der Waals surface area (Å²) < 4.78 is 0. The normalized spacial score (nSPS) is 14.9. The second-order valence-electron chi connectivity index (χ2n) is 8.80. The van der Waals surface area contributed by atoms with Gasteiger partial charge in [-0.1, -0.05) is 38.1 Å². The summed E-state index contributed by atoms with van der Waals surface area (Å²) in [5, 5.41) is 5.86. The summed E-state index contributed by atoms with van der Waals surface area (Å²) in [5.74, 6) is -0.497. The zero-order valence-corrected chi connectivity index (χ0v) is 18.7. The molecule has 0 saturated heterocycles.